The van der Waals surface area contributed by atoms with Crippen molar-refractivity contribution in [3.8, 4) is 0 Å². The van der Waals surface area contributed by atoms with E-state index in [9.17, 15) is 0 Å². The average molecular weight is 266 g/mol. The summed E-state index contributed by atoms with van der Waals surface area (Å²) in [6.07, 6.45) is 0. The van der Waals surface area contributed by atoms with E-state index in [0.717, 1.165) is 0 Å². The van der Waals surface area contributed by atoms with Gasteiger partial charge in [-0.25, -0.2) is 0 Å². The highest BCUT2D eigenvalue weighted by molar-refractivity contribution is 6.93. The zero-order valence-electron chi connectivity index (χ0n) is 10.6. The second-order valence-corrected chi connectivity index (χ2v) is 9.49. The summed E-state index contributed by atoms with van der Waals surface area (Å²) in [5.41, 5.74) is 0.712. The van der Waals surface area contributed by atoms with Crippen LogP contribution in [0.2, 0.25) is 5.67 Å². The van der Waals surface area contributed by atoms with Gasteiger partial charge < -0.3 is 21.8 Å². The summed E-state index contributed by atoms with van der Waals surface area (Å²) in [6, 6.07) is 0. The van der Waals surface area contributed by atoms with E-state index in [1.54, 1.807) is 0 Å². The average Bonchev–Trinajstić information content (AvgIpc) is 2.17. The van der Waals surface area contributed by atoms with Gasteiger partial charge in [-0.05, 0) is 27.7 Å². The van der Waals surface area contributed by atoms with Crippen LogP contribution in [0.15, 0.2) is 0 Å². The lowest BCUT2D eigenvalue weighted by Crippen LogP contribution is -2.72. The van der Waals surface area contributed by atoms with E-state index < -0.39 is 17.6 Å². The molecule has 7 heteroatoms. The lowest BCUT2D eigenvalue weighted by Gasteiger charge is -2.47. The van der Waals surface area contributed by atoms with Crippen LogP contribution in [0.5, 0.6) is 0 Å². The smallest absolute Gasteiger partial charge is 0.374 e. The Hall–Kier alpha value is 0.234. The topological polar surface area (TPSA) is 46.2 Å². The van der Waals surface area contributed by atoms with Gasteiger partial charge in [0, 0.05) is 26.4 Å². The number of hydrogen-bond donors (Lipinski definition) is 0. The molecule has 1 fully saturated rings. The maximum Gasteiger partial charge on any atom is 0.498 e. The van der Waals surface area contributed by atoms with E-state index in [1.807, 2.05) is 27.7 Å². The first-order chi connectivity index (χ1) is 7.66. The van der Waals surface area contributed by atoms with Crippen molar-refractivity contribution in [1.82, 2.24) is 0 Å². The van der Waals surface area contributed by atoms with E-state index in [1.165, 1.54) is 0 Å². The molecule has 1 saturated heterocycles. The highest BCUT2D eigenvalue weighted by atomic mass is 28.5. The molecule has 0 spiro atoms. The van der Waals surface area contributed by atoms with E-state index >= 15 is 0 Å². The van der Waals surface area contributed by atoms with Crippen molar-refractivity contribution < 1.29 is 21.8 Å². The van der Waals surface area contributed by atoms with Crippen LogP contribution in [-0.4, -0.2) is 44.0 Å². The number of rotatable bonds is 8. The van der Waals surface area contributed by atoms with Gasteiger partial charge in [-0.3, -0.25) is 0 Å². The molecule has 0 N–H and O–H groups in total. The molecular formula is C9H22O5Si2. The van der Waals surface area contributed by atoms with Crippen LogP contribution < -0.4 is 0 Å². The summed E-state index contributed by atoms with van der Waals surface area (Å²) >= 11 is 0. The van der Waals surface area contributed by atoms with Crippen LogP contribution in [0, 0.1) is 0 Å². The van der Waals surface area contributed by atoms with Gasteiger partial charge in [0.05, 0.1) is 5.67 Å². The Morgan fingerprint density at radius 1 is 0.750 bits per heavy atom. The van der Waals surface area contributed by atoms with Gasteiger partial charge in [-0.1, -0.05) is 0 Å². The van der Waals surface area contributed by atoms with Crippen LogP contribution in [-0.2, 0) is 21.8 Å². The van der Waals surface area contributed by atoms with Gasteiger partial charge in [-0.15, -0.1) is 0 Å². The van der Waals surface area contributed by atoms with E-state index in [0.29, 0.717) is 32.1 Å². The van der Waals surface area contributed by atoms with Gasteiger partial charge >= 0.3 is 17.6 Å². The second kappa shape index (κ2) is 6.24. The van der Waals surface area contributed by atoms with Gasteiger partial charge in [0.15, 0.2) is 0 Å². The Morgan fingerprint density at radius 3 is 1.19 bits per heavy atom. The summed E-state index contributed by atoms with van der Waals surface area (Å²) in [5.74, 6) is 0. The van der Waals surface area contributed by atoms with Crippen molar-refractivity contribution >= 4 is 17.6 Å². The molecule has 0 bridgehead atoms. The minimum atomic E-state index is -2.44. The van der Waals surface area contributed by atoms with E-state index in [2.05, 4.69) is 0 Å². The SMILES string of the molecule is CCO[Si]1(OCC)C[Si](OCC)(OCC)O1. The monoisotopic (exact) mass is 266 g/mol. The molecule has 1 aliphatic rings. The standard InChI is InChI=1S/C9H22O5Si2/c1-5-10-15(11-6-2)9-16(14-15,12-7-3)13-8-4/h5-9H2,1-4H3. The Balaban J connectivity index is 2.56. The summed E-state index contributed by atoms with van der Waals surface area (Å²) < 4.78 is 28.4. The molecule has 96 valence electrons. The first-order valence-electron chi connectivity index (χ1n) is 5.91. The van der Waals surface area contributed by atoms with Crippen LogP contribution in [0.25, 0.3) is 0 Å². The van der Waals surface area contributed by atoms with Crippen molar-refractivity contribution in [2.45, 2.75) is 33.4 Å². The zero-order valence-corrected chi connectivity index (χ0v) is 12.6. The first kappa shape index (κ1) is 14.3. The number of hydrogen-bond acceptors (Lipinski definition) is 5. The molecule has 0 saturated carbocycles. The molecule has 1 rings (SSSR count). The van der Waals surface area contributed by atoms with Crippen molar-refractivity contribution in [3.05, 3.63) is 0 Å². The van der Waals surface area contributed by atoms with Gasteiger partial charge in [0.1, 0.15) is 0 Å². The third-order valence-corrected chi connectivity index (χ3v) is 11.1. The highest BCUT2D eigenvalue weighted by Gasteiger charge is 2.69. The van der Waals surface area contributed by atoms with Gasteiger partial charge in [0.2, 0.25) is 0 Å². The largest absolute Gasteiger partial charge is 0.498 e. The summed E-state index contributed by atoms with van der Waals surface area (Å²) in [7, 11) is -4.88. The highest BCUT2D eigenvalue weighted by Crippen LogP contribution is 2.38. The molecule has 16 heavy (non-hydrogen) atoms. The molecule has 0 amide bonds. The van der Waals surface area contributed by atoms with Crippen LogP contribution >= 0.6 is 0 Å². The molecule has 0 aromatic rings. The Kier molecular flexibility index (Phi) is 5.58. The fourth-order valence-corrected chi connectivity index (χ4v) is 10.2. The van der Waals surface area contributed by atoms with E-state index in [-0.39, 0.29) is 0 Å². The summed E-state index contributed by atoms with van der Waals surface area (Å²) in [4.78, 5) is 0. The van der Waals surface area contributed by atoms with Crippen molar-refractivity contribution in [2.75, 3.05) is 26.4 Å². The Labute approximate surface area is 99.7 Å². The van der Waals surface area contributed by atoms with E-state index in [4.69, 9.17) is 21.8 Å². The van der Waals surface area contributed by atoms with Crippen LogP contribution in [0.4, 0.5) is 0 Å². The minimum absolute atomic E-state index is 0.606. The minimum Gasteiger partial charge on any atom is -0.374 e. The Bertz CT molecular complexity index is 172. The van der Waals surface area contributed by atoms with Crippen molar-refractivity contribution in [2.24, 2.45) is 0 Å². The quantitative estimate of drug-likeness (QED) is 0.624. The third kappa shape index (κ3) is 3.13. The lowest BCUT2D eigenvalue weighted by molar-refractivity contribution is 0.0182. The molecule has 0 radical (unpaired) electrons. The molecular weight excluding hydrogens is 244 g/mol. The summed E-state index contributed by atoms with van der Waals surface area (Å²) in [6.45, 7) is 10.2. The molecule has 0 atom stereocenters. The molecule has 0 aromatic carbocycles. The zero-order chi connectivity index (χ0) is 12.1. The molecule has 0 aliphatic carbocycles. The fraction of sp³-hybridized carbons (Fsp3) is 1.00. The molecule has 1 heterocycles. The lowest BCUT2D eigenvalue weighted by atomic mass is 10.9. The van der Waals surface area contributed by atoms with Crippen molar-refractivity contribution in [3.63, 3.8) is 0 Å². The normalized spacial score (nSPS) is 21.8. The summed E-state index contributed by atoms with van der Waals surface area (Å²) in [5, 5.41) is 0. The van der Waals surface area contributed by atoms with Crippen LogP contribution in [0.1, 0.15) is 27.7 Å². The Morgan fingerprint density at radius 2 is 1.00 bits per heavy atom. The predicted molar refractivity (Wildman–Crippen MR) is 63.9 cm³/mol. The molecule has 0 aromatic heterocycles. The van der Waals surface area contributed by atoms with Gasteiger partial charge in [-0.2, -0.15) is 0 Å². The maximum atomic E-state index is 5.86. The third-order valence-electron chi connectivity index (χ3n) is 2.20. The molecule has 0 unspecified atom stereocenters. The molecule has 1 aliphatic heterocycles. The second-order valence-electron chi connectivity index (χ2n) is 3.38. The molecule has 5 nitrogen and oxygen atoms in total. The maximum absolute atomic E-state index is 5.86. The predicted octanol–water partition coefficient (Wildman–Crippen LogP) is 1.58. The van der Waals surface area contributed by atoms with Crippen molar-refractivity contribution in [1.29, 1.82) is 0 Å². The first-order valence-corrected chi connectivity index (χ1v) is 9.78. The van der Waals surface area contributed by atoms with Gasteiger partial charge in [0.25, 0.3) is 0 Å². The van der Waals surface area contributed by atoms with Crippen LogP contribution in [0.3, 0.4) is 0 Å². The fourth-order valence-electron chi connectivity index (χ4n) is 1.78.